The fourth-order valence-corrected chi connectivity index (χ4v) is 4.62. The quantitative estimate of drug-likeness (QED) is 0.221. The number of halogens is 1. The lowest BCUT2D eigenvalue weighted by atomic mass is 9.98. The van der Waals surface area contributed by atoms with E-state index >= 15 is 0 Å². The maximum atomic E-state index is 12.7. The fraction of sp³-hybridized carbons (Fsp3) is 0.172. The zero-order valence-electron chi connectivity index (χ0n) is 19.4. The van der Waals surface area contributed by atoms with E-state index in [9.17, 15) is 4.79 Å². The molecule has 3 aromatic carbocycles. The number of imidazole rings is 1. The van der Waals surface area contributed by atoms with Gasteiger partial charge in [-0.2, -0.15) is 0 Å². The molecule has 1 unspecified atom stereocenters. The van der Waals surface area contributed by atoms with Crippen molar-refractivity contribution >= 4 is 22.6 Å². The van der Waals surface area contributed by atoms with Gasteiger partial charge < -0.3 is 13.7 Å². The lowest BCUT2D eigenvalue weighted by molar-refractivity contribution is 0.181. The number of aromatic nitrogens is 2. The van der Waals surface area contributed by atoms with E-state index in [0.717, 1.165) is 34.1 Å². The van der Waals surface area contributed by atoms with Crippen LogP contribution < -0.4 is 10.4 Å². The van der Waals surface area contributed by atoms with Crippen LogP contribution in [0.5, 0.6) is 5.75 Å². The van der Waals surface area contributed by atoms with Crippen LogP contribution in [-0.2, 0) is 13.0 Å². The Labute approximate surface area is 208 Å². The molecule has 0 amide bonds. The molecule has 6 heteroatoms. The maximum absolute atomic E-state index is 12.7. The van der Waals surface area contributed by atoms with Crippen molar-refractivity contribution in [2.45, 2.75) is 32.4 Å². The smallest absolute Gasteiger partial charge is 0.336 e. The first-order chi connectivity index (χ1) is 17.1. The molecule has 5 nitrogen and oxygen atoms in total. The number of hydrogen-bond acceptors (Lipinski definition) is 4. The van der Waals surface area contributed by atoms with Gasteiger partial charge in [0.05, 0.1) is 12.9 Å². The highest BCUT2D eigenvalue weighted by Gasteiger charge is 2.20. The summed E-state index contributed by atoms with van der Waals surface area (Å²) in [4.78, 5) is 16.8. The largest absolute Gasteiger partial charge is 0.483 e. The summed E-state index contributed by atoms with van der Waals surface area (Å²) >= 11 is 6.48. The Bertz CT molecular complexity index is 1490. The third-order valence-electron chi connectivity index (χ3n) is 6.01. The second-order valence-electron chi connectivity index (χ2n) is 8.40. The van der Waals surface area contributed by atoms with Crippen molar-refractivity contribution in [2.75, 3.05) is 0 Å². The summed E-state index contributed by atoms with van der Waals surface area (Å²) in [6.45, 7) is 2.69. The zero-order valence-corrected chi connectivity index (χ0v) is 20.1. The molecule has 0 aliphatic rings. The summed E-state index contributed by atoms with van der Waals surface area (Å²) in [5, 5.41) is 1.42. The molecule has 2 heterocycles. The van der Waals surface area contributed by atoms with Gasteiger partial charge >= 0.3 is 5.63 Å². The molecule has 0 saturated heterocycles. The standard InChI is InChI=1S/C29H25ClN2O3/c1-2-8-23-26(34-27(18-32-16-15-31-19-32)20-9-4-3-5-10-20)14-13-22-24(17-28(33)35-29(22)23)21-11-6-7-12-25(21)30/h3-7,9-17,19,27H,2,8,18H2,1H3. The molecule has 2 aromatic heterocycles. The van der Waals surface area contributed by atoms with Crippen molar-refractivity contribution < 1.29 is 9.15 Å². The Morgan fingerprint density at radius 2 is 1.83 bits per heavy atom. The Kier molecular flexibility index (Phi) is 6.68. The van der Waals surface area contributed by atoms with Crippen molar-refractivity contribution in [2.24, 2.45) is 0 Å². The van der Waals surface area contributed by atoms with Gasteiger partial charge in [0, 0.05) is 45.6 Å². The van der Waals surface area contributed by atoms with Gasteiger partial charge in [0.2, 0.25) is 0 Å². The number of hydrogen-bond donors (Lipinski definition) is 0. The average molecular weight is 485 g/mol. The molecule has 0 bridgehead atoms. The molecule has 176 valence electrons. The van der Waals surface area contributed by atoms with Gasteiger partial charge in [-0.3, -0.25) is 0 Å². The van der Waals surface area contributed by atoms with E-state index in [0.29, 0.717) is 29.3 Å². The highest BCUT2D eigenvalue weighted by Crippen LogP contribution is 2.38. The van der Waals surface area contributed by atoms with Crippen molar-refractivity contribution in [3.8, 4) is 16.9 Å². The van der Waals surface area contributed by atoms with E-state index in [4.69, 9.17) is 20.8 Å². The number of rotatable bonds is 8. The first kappa shape index (κ1) is 22.9. The molecule has 0 N–H and O–H groups in total. The molecule has 0 spiro atoms. The molecule has 0 radical (unpaired) electrons. The van der Waals surface area contributed by atoms with E-state index in [1.54, 1.807) is 12.5 Å². The zero-order chi connectivity index (χ0) is 24.2. The second kappa shape index (κ2) is 10.2. The molecule has 0 aliphatic carbocycles. The number of nitrogens with zero attached hydrogens (tertiary/aromatic N) is 2. The first-order valence-electron chi connectivity index (χ1n) is 11.7. The average Bonchev–Trinajstić information content (AvgIpc) is 3.39. The summed E-state index contributed by atoms with van der Waals surface area (Å²) < 4.78 is 14.4. The van der Waals surface area contributed by atoms with E-state index in [1.165, 1.54) is 6.07 Å². The summed E-state index contributed by atoms with van der Waals surface area (Å²) in [5.41, 5.74) is 3.60. The molecule has 0 saturated carbocycles. The minimum Gasteiger partial charge on any atom is -0.483 e. The van der Waals surface area contributed by atoms with Crippen molar-refractivity contribution in [3.63, 3.8) is 0 Å². The summed E-state index contributed by atoms with van der Waals surface area (Å²) in [5.74, 6) is 0.702. The molecular weight excluding hydrogens is 460 g/mol. The highest BCUT2D eigenvalue weighted by atomic mass is 35.5. The molecule has 1 atom stereocenters. The van der Waals surface area contributed by atoms with Crippen LogP contribution in [0.3, 0.4) is 0 Å². The summed E-state index contributed by atoms with van der Waals surface area (Å²) in [7, 11) is 0. The lowest BCUT2D eigenvalue weighted by Crippen LogP contribution is -2.15. The van der Waals surface area contributed by atoms with Gasteiger partial charge in [-0.1, -0.05) is 73.5 Å². The van der Waals surface area contributed by atoms with Crippen LogP contribution >= 0.6 is 11.6 Å². The van der Waals surface area contributed by atoms with Crippen molar-refractivity contribution in [1.82, 2.24) is 9.55 Å². The van der Waals surface area contributed by atoms with Gasteiger partial charge in [-0.05, 0) is 30.2 Å². The van der Waals surface area contributed by atoms with Gasteiger partial charge in [-0.25, -0.2) is 9.78 Å². The lowest BCUT2D eigenvalue weighted by Gasteiger charge is -2.23. The highest BCUT2D eigenvalue weighted by molar-refractivity contribution is 6.33. The molecule has 0 aliphatic heterocycles. The van der Waals surface area contributed by atoms with Crippen LogP contribution in [0.25, 0.3) is 22.1 Å². The third kappa shape index (κ3) is 4.86. The Hall–Kier alpha value is -3.83. The second-order valence-corrected chi connectivity index (χ2v) is 8.81. The minimum atomic E-state index is -0.417. The van der Waals surface area contributed by atoms with Gasteiger partial charge in [-0.15, -0.1) is 0 Å². The Morgan fingerprint density at radius 1 is 1.03 bits per heavy atom. The minimum absolute atomic E-state index is 0.253. The normalized spacial score (nSPS) is 12.1. The van der Waals surface area contributed by atoms with Crippen molar-refractivity contribution in [3.05, 3.63) is 118 Å². The predicted molar refractivity (Wildman–Crippen MR) is 139 cm³/mol. The molecule has 5 aromatic rings. The molecule has 0 fully saturated rings. The Balaban J connectivity index is 1.64. The predicted octanol–water partition coefficient (Wildman–Crippen LogP) is 7.08. The monoisotopic (exact) mass is 484 g/mol. The SMILES string of the molecule is CCCc1c(OC(Cn2ccnc2)c2ccccc2)ccc2c(-c3ccccc3Cl)cc(=O)oc12. The van der Waals surface area contributed by atoms with E-state index in [1.807, 2.05) is 65.4 Å². The fourth-order valence-electron chi connectivity index (χ4n) is 4.38. The molecule has 35 heavy (non-hydrogen) atoms. The maximum Gasteiger partial charge on any atom is 0.336 e. The Morgan fingerprint density at radius 3 is 2.57 bits per heavy atom. The van der Waals surface area contributed by atoms with Gasteiger partial charge in [0.25, 0.3) is 0 Å². The van der Waals surface area contributed by atoms with Crippen LogP contribution in [0, 0.1) is 0 Å². The van der Waals surface area contributed by atoms with Crippen LogP contribution in [0.2, 0.25) is 5.02 Å². The van der Waals surface area contributed by atoms with Gasteiger partial charge in [0.15, 0.2) is 0 Å². The number of ether oxygens (including phenoxy) is 1. The van der Waals surface area contributed by atoms with E-state index in [2.05, 4.69) is 24.0 Å². The van der Waals surface area contributed by atoms with Crippen LogP contribution in [0.1, 0.15) is 30.6 Å². The van der Waals surface area contributed by atoms with E-state index < -0.39 is 5.63 Å². The van der Waals surface area contributed by atoms with Crippen molar-refractivity contribution in [1.29, 1.82) is 0 Å². The first-order valence-corrected chi connectivity index (χ1v) is 12.0. The topological polar surface area (TPSA) is 57.3 Å². The van der Waals surface area contributed by atoms with E-state index in [-0.39, 0.29) is 6.10 Å². The number of fused-ring (bicyclic) bond motifs is 1. The molecule has 5 rings (SSSR count). The van der Waals surface area contributed by atoms with Crippen LogP contribution in [-0.4, -0.2) is 9.55 Å². The number of benzene rings is 3. The molecular formula is C29H25ClN2O3. The summed E-state index contributed by atoms with van der Waals surface area (Å²) in [6.07, 6.45) is 6.77. The van der Waals surface area contributed by atoms with Crippen LogP contribution in [0.4, 0.5) is 0 Å². The van der Waals surface area contributed by atoms with Crippen LogP contribution in [0.15, 0.2) is 101 Å². The van der Waals surface area contributed by atoms with Gasteiger partial charge in [0.1, 0.15) is 17.4 Å². The third-order valence-corrected chi connectivity index (χ3v) is 6.34. The summed E-state index contributed by atoms with van der Waals surface area (Å²) in [6, 6.07) is 23.0. The number of aryl methyl sites for hydroxylation is 1.